The first-order chi connectivity index (χ1) is 30.8. The summed E-state index contributed by atoms with van der Waals surface area (Å²) in [4.78, 5) is 52.9. The number of rotatable bonds is 41. The molecule has 1 aliphatic rings. The molecular formula is C48H78O14P2. The summed E-state index contributed by atoms with van der Waals surface area (Å²) in [6.07, 6.45) is 48.6. The van der Waals surface area contributed by atoms with E-state index in [9.17, 15) is 28.7 Å². The van der Waals surface area contributed by atoms with E-state index in [1.165, 1.54) is 38.5 Å². The topological polar surface area (TPSA) is 208 Å². The van der Waals surface area contributed by atoms with E-state index < -0.39 is 66.2 Å². The number of carbonyl (C=O) groups is 2. The molecule has 0 saturated carbocycles. The van der Waals surface area contributed by atoms with Crippen LogP contribution in [0.4, 0.5) is 0 Å². The normalized spacial score (nSPS) is 18.0. The summed E-state index contributed by atoms with van der Waals surface area (Å²) < 4.78 is 53.5. The zero-order chi connectivity index (χ0) is 47.0. The van der Waals surface area contributed by atoms with Crippen molar-refractivity contribution in [3.8, 4) is 0 Å². The number of phosphoric ester groups is 2. The minimum atomic E-state index is -4.89. The van der Waals surface area contributed by atoms with Crippen molar-refractivity contribution in [1.82, 2.24) is 0 Å². The lowest BCUT2D eigenvalue weighted by Gasteiger charge is -2.20. The van der Waals surface area contributed by atoms with E-state index in [1.807, 2.05) is 18.2 Å². The molecule has 0 bridgehead atoms. The van der Waals surface area contributed by atoms with Crippen LogP contribution in [0.25, 0.3) is 0 Å². The van der Waals surface area contributed by atoms with Crippen LogP contribution >= 0.6 is 15.6 Å². The zero-order valence-corrected chi connectivity index (χ0v) is 40.1. The molecule has 1 heterocycles. The van der Waals surface area contributed by atoms with Crippen molar-refractivity contribution < 1.29 is 66.3 Å². The quantitative estimate of drug-likeness (QED) is 0.0148. The number of aliphatic hydroxyl groups is 1. The van der Waals surface area contributed by atoms with E-state index in [1.54, 1.807) is 0 Å². The van der Waals surface area contributed by atoms with E-state index in [-0.39, 0.29) is 25.0 Å². The molecule has 1 fully saturated rings. The van der Waals surface area contributed by atoms with Gasteiger partial charge in [-0.2, -0.15) is 0 Å². The van der Waals surface area contributed by atoms with Gasteiger partial charge in [-0.05, 0) is 89.9 Å². The number of ether oxygens (including phenoxy) is 3. The molecule has 5 atom stereocenters. The molecule has 16 heteroatoms. The van der Waals surface area contributed by atoms with Crippen molar-refractivity contribution in [2.24, 2.45) is 0 Å². The lowest BCUT2D eigenvalue weighted by molar-refractivity contribution is -0.161. The zero-order valence-electron chi connectivity index (χ0n) is 38.3. The standard InChI is InChI=1S/C48H78O14P2/c1-3-5-7-9-11-13-15-17-18-19-20-21-22-23-25-27-29-31-33-37-47(50)57-41-44(42-60-64(55,56)59-40-43(49)39-58-63(52,53)54)61-48(51)38-34-36-46-45(62-46)35-32-30-28-26-24-16-14-12-10-8-6-4-2/h11-14,17-18,20-21,23-26,29-32,43-46,49H,3-10,15-16,19,22,27-28,33-42H2,1-2H3,(H,55,56)(H2,52,53,54)/b13-11-,14-12-,18-17-,21-20-,25-23-,26-24-,31-29-,32-30-/t43-,44+,45?,46?/m0/s1. The summed E-state index contributed by atoms with van der Waals surface area (Å²) in [5, 5.41) is 9.77. The number of unbranched alkanes of at least 4 members (excludes halogenated alkanes) is 6. The predicted octanol–water partition coefficient (Wildman–Crippen LogP) is 11.1. The SMILES string of the molecule is CCCCC/C=C\C/C=C\C/C=C\C/C=C\C/C=C\CCC(=O)OC[C@H](COP(=O)(O)OC[C@@H](O)COP(=O)(O)O)OC(=O)CCCC1OC1C/C=C\C/C=C\C/C=C\CCCCC. The molecule has 1 aliphatic heterocycles. The van der Waals surface area contributed by atoms with Crippen molar-refractivity contribution in [3.05, 3.63) is 97.2 Å². The Balaban J connectivity index is 2.46. The number of hydrogen-bond donors (Lipinski definition) is 4. The Kier molecular flexibility index (Phi) is 36.1. The third-order valence-electron chi connectivity index (χ3n) is 9.37. The van der Waals surface area contributed by atoms with Gasteiger partial charge >= 0.3 is 27.6 Å². The third-order valence-corrected chi connectivity index (χ3v) is 10.8. The Morgan fingerprint density at radius 2 is 1.02 bits per heavy atom. The number of phosphoric acid groups is 2. The van der Waals surface area contributed by atoms with Gasteiger partial charge < -0.3 is 34.0 Å². The first-order valence-electron chi connectivity index (χ1n) is 23.1. The van der Waals surface area contributed by atoms with Crippen molar-refractivity contribution in [3.63, 3.8) is 0 Å². The van der Waals surface area contributed by atoms with Gasteiger partial charge in [-0.15, -0.1) is 0 Å². The summed E-state index contributed by atoms with van der Waals surface area (Å²) in [5.41, 5.74) is 0. The van der Waals surface area contributed by atoms with Crippen molar-refractivity contribution >= 4 is 27.6 Å². The van der Waals surface area contributed by atoms with Crippen LogP contribution in [0.1, 0.15) is 142 Å². The predicted molar refractivity (Wildman–Crippen MR) is 252 cm³/mol. The highest BCUT2D eigenvalue weighted by molar-refractivity contribution is 7.47. The molecule has 0 spiro atoms. The maximum Gasteiger partial charge on any atom is 0.472 e. The van der Waals surface area contributed by atoms with Crippen molar-refractivity contribution in [2.45, 2.75) is 167 Å². The number of esters is 2. The lowest BCUT2D eigenvalue weighted by Crippen LogP contribution is -2.30. The Bertz CT molecular complexity index is 1560. The monoisotopic (exact) mass is 940 g/mol. The highest BCUT2D eigenvalue weighted by Gasteiger charge is 2.37. The molecular weight excluding hydrogens is 862 g/mol. The molecule has 0 aromatic carbocycles. The highest BCUT2D eigenvalue weighted by atomic mass is 31.2. The average molecular weight is 941 g/mol. The number of aliphatic hydroxyl groups excluding tert-OH is 1. The Morgan fingerprint density at radius 1 is 0.547 bits per heavy atom. The first-order valence-corrected chi connectivity index (χ1v) is 26.1. The van der Waals surface area contributed by atoms with Crippen LogP contribution < -0.4 is 0 Å². The Morgan fingerprint density at radius 3 is 1.53 bits per heavy atom. The summed E-state index contributed by atoms with van der Waals surface area (Å²) in [7, 11) is -9.74. The summed E-state index contributed by atoms with van der Waals surface area (Å²) in [6.45, 7) is 1.52. The van der Waals surface area contributed by atoms with Crippen LogP contribution in [0.15, 0.2) is 97.2 Å². The fraction of sp³-hybridized carbons (Fsp3) is 0.625. The number of carbonyl (C=O) groups excluding carboxylic acids is 2. The molecule has 64 heavy (non-hydrogen) atoms. The van der Waals surface area contributed by atoms with Crippen molar-refractivity contribution in [2.75, 3.05) is 26.4 Å². The van der Waals surface area contributed by atoms with Gasteiger partial charge in [0.15, 0.2) is 6.10 Å². The second-order valence-electron chi connectivity index (χ2n) is 15.4. The van der Waals surface area contributed by atoms with Crippen LogP contribution in [0, 0.1) is 0 Å². The van der Waals surface area contributed by atoms with Gasteiger partial charge in [0.05, 0.1) is 32.0 Å². The van der Waals surface area contributed by atoms with E-state index in [0.29, 0.717) is 25.7 Å². The van der Waals surface area contributed by atoms with E-state index in [0.717, 1.165) is 51.4 Å². The fourth-order valence-electron chi connectivity index (χ4n) is 5.77. The van der Waals surface area contributed by atoms with Gasteiger partial charge in [-0.3, -0.25) is 23.2 Å². The Labute approximate surface area is 383 Å². The second-order valence-corrected chi connectivity index (χ2v) is 18.0. The van der Waals surface area contributed by atoms with E-state index in [4.69, 9.17) is 28.5 Å². The van der Waals surface area contributed by atoms with Crippen LogP contribution in [0.3, 0.4) is 0 Å². The molecule has 1 saturated heterocycles. The Hall–Kier alpha value is -3.00. The van der Waals surface area contributed by atoms with Gasteiger partial charge in [0.2, 0.25) is 0 Å². The maximum absolute atomic E-state index is 12.8. The summed E-state index contributed by atoms with van der Waals surface area (Å²) >= 11 is 0. The summed E-state index contributed by atoms with van der Waals surface area (Å²) in [6, 6.07) is 0. The van der Waals surface area contributed by atoms with Crippen molar-refractivity contribution in [1.29, 1.82) is 0 Å². The fourth-order valence-corrected chi connectivity index (χ4v) is 6.92. The molecule has 0 amide bonds. The van der Waals surface area contributed by atoms with Gasteiger partial charge in [0.1, 0.15) is 12.7 Å². The third kappa shape index (κ3) is 39.4. The van der Waals surface area contributed by atoms with Crippen LogP contribution in [0.2, 0.25) is 0 Å². The molecule has 0 aliphatic carbocycles. The molecule has 14 nitrogen and oxygen atoms in total. The van der Waals surface area contributed by atoms with Gasteiger partial charge in [-0.1, -0.05) is 137 Å². The van der Waals surface area contributed by atoms with E-state index in [2.05, 4.69) is 102 Å². The maximum atomic E-state index is 12.8. The minimum Gasteiger partial charge on any atom is -0.462 e. The molecule has 364 valence electrons. The average Bonchev–Trinajstić information content (AvgIpc) is 4.01. The number of allylic oxidation sites excluding steroid dienone is 15. The molecule has 3 unspecified atom stereocenters. The lowest BCUT2D eigenvalue weighted by atomic mass is 10.1. The van der Waals surface area contributed by atoms with Crippen LogP contribution in [-0.4, -0.2) is 82.6 Å². The molecule has 1 rings (SSSR count). The smallest absolute Gasteiger partial charge is 0.462 e. The van der Waals surface area contributed by atoms with E-state index >= 15 is 0 Å². The number of hydrogen-bond acceptors (Lipinski definition) is 11. The first kappa shape index (κ1) is 59.0. The van der Waals surface area contributed by atoms with Crippen LogP contribution in [0.5, 0.6) is 0 Å². The van der Waals surface area contributed by atoms with Gasteiger partial charge in [-0.25, -0.2) is 9.13 Å². The second kappa shape index (κ2) is 39.2. The molecule has 4 N–H and O–H groups in total. The van der Waals surface area contributed by atoms with Crippen LogP contribution in [-0.2, 0) is 46.5 Å². The minimum absolute atomic E-state index is 0.0218. The highest BCUT2D eigenvalue weighted by Crippen LogP contribution is 2.44. The van der Waals surface area contributed by atoms with Gasteiger partial charge in [0, 0.05) is 12.8 Å². The molecule has 0 aromatic heterocycles. The number of epoxide rings is 1. The van der Waals surface area contributed by atoms with Gasteiger partial charge in [0.25, 0.3) is 0 Å². The molecule has 0 aromatic rings. The molecule has 0 radical (unpaired) electrons. The summed E-state index contributed by atoms with van der Waals surface area (Å²) in [5.74, 6) is -1.21. The largest absolute Gasteiger partial charge is 0.472 e.